The molecule has 18 rings (SSSR count). The monoisotopic (exact) mass is 1090 g/mol. The molecule has 0 aliphatic rings. The molecule has 0 radical (unpaired) electrons. The lowest BCUT2D eigenvalue weighted by molar-refractivity contribution is 1.60. The van der Waals surface area contributed by atoms with E-state index in [0.717, 1.165) is 0 Å². The second-order valence-corrected chi connectivity index (χ2v) is 20.6. The van der Waals surface area contributed by atoms with Crippen molar-refractivity contribution in [2.75, 3.05) is 0 Å². The number of fused-ring (bicyclic) bond motifs is 4. The zero-order valence-corrected chi connectivity index (χ0v) is 44.0. The lowest BCUT2D eigenvalue weighted by atomic mass is 9.84. The molecular formula is C84H52. The predicted octanol–water partition coefficient (Wildman–Crippen LogP) is 23.8. The van der Waals surface area contributed by atoms with Crippen LogP contribution < -0.4 is 0 Å². The van der Waals surface area contributed by atoms with E-state index >= 15 is 0 Å². The topological polar surface area (TPSA) is 0 Å². The third-order valence-electron chi connectivity index (χ3n) is 16.1. The van der Waals surface area contributed by atoms with Crippen molar-refractivity contribution >= 4 is 108 Å². The zero-order valence-electron chi connectivity index (χ0n) is 70.0. The Morgan fingerprint density at radius 3 is 1.13 bits per heavy atom. The van der Waals surface area contributed by atoms with Gasteiger partial charge in [0.2, 0.25) is 0 Å². The molecule has 0 aliphatic carbocycles. The molecule has 0 saturated carbocycles. The highest BCUT2D eigenvalue weighted by Gasteiger charge is 2.19. The molecule has 0 N–H and O–H groups in total. The molecule has 0 aliphatic heterocycles. The minimum absolute atomic E-state index is 0.526. The van der Waals surface area contributed by atoms with Crippen molar-refractivity contribution in [3.05, 3.63) is 315 Å². The number of rotatable bonds is 6. The lowest BCUT2D eigenvalue weighted by Gasteiger charge is -2.19. The van der Waals surface area contributed by atoms with E-state index in [4.69, 9.17) is 23.3 Å². The van der Waals surface area contributed by atoms with Gasteiger partial charge < -0.3 is 0 Å². The molecule has 0 heteroatoms. The van der Waals surface area contributed by atoms with Crippen LogP contribution in [0.1, 0.15) is 35.6 Å². The summed E-state index contributed by atoms with van der Waals surface area (Å²) >= 11 is 0. The third kappa shape index (κ3) is 7.76. The van der Waals surface area contributed by atoms with E-state index in [-0.39, 0.29) is 0 Å². The first-order valence-electron chi connectivity index (χ1n) is 40.1. The van der Waals surface area contributed by atoms with Gasteiger partial charge >= 0.3 is 0 Å². The Bertz CT molecular complexity index is 6890. The summed E-state index contributed by atoms with van der Waals surface area (Å²) in [6.45, 7) is 0. The van der Waals surface area contributed by atoms with Crippen molar-refractivity contribution in [1.82, 2.24) is 0 Å². The molecular weight excluding hydrogens is 1010 g/mol. The van der Waals surface area contributed by atoms with Crippen LogP contribution in [-0.2, 0) is 0 Å². The predicted molar refractivity (Wildman–Crippen MR) is 363 cm³/mol. The maximum atomic E-state index is 9.43. The Labute approximate surface area is 523 Å². The first kappa shape index (κ1) is 28.7. The summed E-state index contributed by atoms with van der Waals surface area (Å²) in [4.78, 5) is 0. The number of benzene rings is 18. The Kier molecular flexibility index (Phi) is 6.61. The molecule has 0 nitrogen and oxygen atoms in total. The van der Waals surface area contributed by atoms with E-state index in [9.17, 15) is 12.3 Å². The maximum Gasteiger partial charge on any atom is 0.0636 e. The normalized spacial score (nSPS) is 16.1. The van der Waals surface area contributed by atoms with Crippen LogP contribution >= 0.6 is 0 Å². The van der Waals surface area contributed by atoms with Gasteiger partial charge in [-0.1, -0.05) is 297 Å². The summed E-state index contributed by atoms with van der Waals surface area (Å²) in [5.74, 6) is 0. The second-order valence-electron chi connectivity index (χ2n) is 20.6. The van der Waals surface area contributed by atoms with Gasteiger partial charge in [-0.15, -0.1) is 0 Å². The van der Waals surface area contributed by atoms with Crippen LogP contribution in [0.15, 0.2) is 315 Å². The van der Waals surface area contributed by atoms with Crippen LogP contribution in [0, 0.1) is 0 Å². The van der Waals surface area contributed by atoms with E-state index in [1.165, 1.54) is 98.0 Å². The van der Waals surface area contributed by atoms with Gasteiger partial charge in [0.1, 0.15) is 0 Å². The van der Waals surface area contributed by atoms with Crippen LogP contribution in [-0.4, -0.2) is 0 Å². The van der Waals surface area contributed by atoms with E-state index in [2.05, 4.69) is 158 Å². The Morgan fingerprint density at radius 1 is 0.190 bits per heavy atom. The van der Waals surface area contributed by atoms with Crippen LogP contribution in [0.4, 0.5) is 0 Å². The van der Waals surface area contributed by atoms with Crippen molar-refractivity contribution in [3.8, 4) is 66.8 Å². The molecule has 0 spiro atoms. The quantitative estimate of drug-likeness (QED) is 0.115. The molecule has 0 atom stereocenters. The number of hydrogen-bond donors (Lipinski definition) is 0. The second kappa shape index (κ2) is 19.4. The molecule has 84 heavy (non-hydrogen) atoms. The minimum Gasteiger partial charge on any atom is -0.0616 e. The minimum atomic E-state index is -1.07. The third-order valence-corrected chi connectivity index (χ3v) is 16.1. The Hall–Kier alpha value is -10.9. The lowest BCUT2D eigenvalue weighted by Crippen LogP contribution is -1.91. The number of hydrogen-bond acceptors (Lipinski definition) is 0. The van der Waals surface area contributed by atoms with Gasteiger partial charge in [-0.05, 0) is 193 Å². The van der Waals surface area contributed by atoms with Crippen LogP contribution in [0.5, 0.6) is 0 Å². The van der Waals surface area contributed by atoms with Crippen LogP contribution in [0.2, 0.25) is 0 Å². The fraction of sp³-hybridized carbons (Fsp3) is 0. The van der Waals surface area contributed by atoms with Crippen molar-refractivity contribution in [1.29, 1.82) is 0 Å². The molecule has 0 amide bonds. The molecule has 18 aromatic carbocycles. The van der Waals surface area contributed by atoms with Crippen LogP contribution in [0.3, 0.4) is 0 Å². The molecule has 0 fully saturated rings. The smallest absolute Gasteiger partial charge is 0.0616 e. The standard InChI is InChI=1S/C44H26.C40H26/c1-5-27-13-15-31-17-21-37(39-23-19-29(7-1)41(27)43(31)39)35-11-3-9-33(25-35)34-10-4-12-36(26-34)38-22-18-32-16-14-28-6-2-8-30-20-24-40(38)44(32)42(28)30;1-2-12-31-26-32(25-22-27(31)10-1)28-20-23-30(24-21-28)39-35-15-5-7-17-37(35)40(38-18-8-6-16-36(38)39)34-19-9-13-29-11-3-4-14-33(29)34/h1-26H;1-26H/i;1D,2D,3D,4D,5D,6D,7D,8D,9D,10D,11D,12D,13D,14D,15D,16D,17D,18D,19D,20D,21D,22D,23D,24D,25D,26D. The zero-order chi connectivity index (χ0) is 77.9. The molecule has 0 bridgehead atoms. The molecule has 0 saturated heterocycles. The molecule has 0 unspecified atom stereocenters. The Morgan fingerprint density at radius 2 is 0.583 bits per heavy atom. The van der Waals surface area contributed by atoms with Gasteiger partial charge in [-0.3, -0.25) is 0 Å². The van der Waals surface area contributed by atoms with Crippen molar-refractivity contribution in [2.24, 2.45) is 0 Å². The average Bonchev–Trinajstić information content (AvgIpc) is 0.684. The molecule has 0 heterocycles. The van der Waals surface area contributed by atoms with Gasteiger partial charge in [0, 0.05) is 0 Å². The summed E-state index contributed by atoms with van der Waals surface area (Å²) in [5.41, 5.74) is 2.98. The van der Waals surface area contributed by atoms with E-state index in [1.807, 2.05) is 0 Å². The highest BCUT2D eigenvalue weighted by atomic mass is 14.2. The fourth-order valence-electron chi connectivity index (χ4n) is 12.3. The largest absolute Gasteiger partial charge is 0.0636 e. The van der Waals surface area contributed by atoms with Gasteiger partial charge in [-0.25, -0.2) is 0 Å². The van der Waals surface area contributed by atoms with E-state index < -0.39 is 234 Å². The van der Waals surface area contributed by atoms with Crippen molar-refractivity contribution in [2.45, 2.75) is 0 Å². The van der Waals surface area contributed by atoms with Crippen molar-refractivity contribution in [3.63, 3.8) is 0 Å². The van der Waals surface area contributed by atoms with Gasteiger partial charge in [0.05, 0.1) is 35.6 Å². The first-order valence-corrected chi connectivity index (χ1v) is 27.1. The SMILES string of the molecule is [2H]c1c([2H])c(-c2c3c([2H])c([2H])c([2H])c([2H])c3c(-c3c([2H])c([2H])c([2H])c4c([2H])c([2H])c([2H])c([2H])c34)c3c([2H])c([2H])c([2H])c([2H])c23)c([2H])c([2H])c1-c1c([2H])c([2H])c2c([2H])c([2H])c([2H])c([2H])c2c1[2H].c1cc(-c2cccc(-c3ccc4ccc5cccc6ccc3c4c56)c2)cc(-c2ccc3ccc4cccc5ccc2c3c45)c1. The molecule has 0 aromatic heterocycles. The fourth-order valence-corrected chi connectivity index (χ4v) is 12.3. The summed E-state index contributed by atoms with van der Waals surface area (Å²) < 4.78 is 230. The Balaban J connectivity index is 0.000000172. The summed E-state index contributed by atoms with van der Waals surface area (Å²) in [5, 5.41) is 10.7. The van der Waals surface area contributed by atoms with Crippen molar-refractivity contribution < 1.29 is 35.6 Å². The maximum absolute atomic E-state index is 9.43. The highest BCUT2D eigenvalue weighted by Crippen LogP contribution is 2.47. The average molecular weight is 1090 g/mol. The van der Waals surface area contributed by atoms with E-state index in [1.54, 1.807) is 0 Å². The van der Waals surface area contributed by atoms with Gasteiger partial charge in [0.25, 0.3) is 0 Å². The van der Waals surface area contributed by atoms with Crippen LogP contribution in [0.25, 0.3) is 174 Å². The summed E-state index contributed by atoms with van der Waals surface area (Å²) in [6, 6.07) is 34.6. The van der Waals surface area contributed by atoms with Gasteiger partial charge in [-0.2, -0.15) is 0 Å². The van der Waals surface area contributed by atoms with E-state index in [0.29, 0.717) is 0 Å². The summed E-state index contributed by atoms with van der Waals surface area (Å²) in [6.07, 6.45) is 0. The molecule has 388 valence electrons. The molecule has 18 aromatic rings. The van der Waals surface area contributed by atoms with Gasteiger partial charge in [0.15, 0.2) is 0 Å². The summed E-state index contributed by atoms with van der Waals surface area (Å²) in [7, 11) is 0. The highest BCUT2D eigenvalue weighted by molar-refractivity contribution is 6.27. The first-order chi connectivity index (χ1) is 52.5.